The van der Waals surface area contributed by atoms with Gasteiger partial charge in [0, 0.05) is 55.4 Å². The maximum absolute atomic E-state index is 11.1. The highest BCUT2D eigenvalue weighted by Crippen LogP contribution is 2.21. The number of morpholine rings is 1. The number of anilines is 1. The molecule has 134 valence electrons. The number of hydrogen-bond donors (Lipinski definition) is 1. The van der Waals surface area contributed by atoms with E-state index in [2.05, 4.69) is 32.3 Å². The molecule has 1 saturated heterocycles. The molecule has 0 aromatic carbocycles. The van der Waals surface area contributed by atoms with Crippen LogP contribution in [0, 0.1) is 13.8 Å². The molecule has 3 rings (SSSR count). The van der Waals surface area contributed by atoms with Crippen molar-refractivity contribution in [2.75, 3.05) is 25.0 Å². The molecule has 1 fully saturated rings. The monoisotopic (exact) mass is 360 g/mol. The lowest BCUT2D eigenvalue weighted by atomic mass is 10.1. The molecule has 1 N–H and O–H groups in total. The van der Waals surface area contributed by atoms with Gasteiger partial charge in [0.1, 0.15) is 0 Å². The summed E-state index contributed by atoms with van der Waals surface area (Å²) in [5.74, 6) is -0.0877. The van der Waals surface area contributed by atoms with Crippen LogP contribution in [0.15, 0.2) is 18.3 Å². The SMILES string of the molecule is CC(=O)Nc1ncc(CN2CCO[C@H](Cc3cc(C)nc(C)c3)C2)s1. The van der Waals surface area contributed by atoms with Crippen LogP contribution in [0.4, 0.5) is 5.13 Å². The molecule has 7 heteroatoms. The van der Waals surface area contributed by atoms with E-state index in [9.17, 15) is 4.79 Å². The molecule has 1 aliphatic rings. The van der Waals surface area contributed by atoms with Crippen molar-refractivity contribution in [3.05, 3.63) is 40.2 Å². The van der Waals surface area contributed by atoms with E-state index in [1.807, 2.05) is 20.0 Å². The van der Waals surface area contributed by atoms with Gasteiger partial charge >= 0.3 is 0 Å². The smallest absolute Gasteiger partial charge is 0.223 e. The van der Waals surface area contributed by atoms with Crippen LogP contribution in [-0.2, 0) is 22.5 Å². The summed E-state index contributed by atoms with van der Waals surface area (Å²) in [7, 11) is 0. The van der Waals surface area contributed by atoms with Crippen LogP contribution >= 0.6 is 11.3 Å². The van der Waals surface area contributed by atoms with E-state index in [1.165, 1.54) is 23.8 Å². The van der Waals surface area contributed by atoms with Gasteiger partial charge in [-0.1, -0.05) is 0 Å². The Kier molecular flexibility index (Phi) is 5.78. The lowest BCUT2D eigenvalue weighted by Crippen LogP contribution is -2.42. The van der Waals surface area contributed by atoms with Crippen molar-refractivity contribution < 1.29 is 9.53 Å². The molecule has 0 saturated carbocycles. The first kappa shape index (κ1) is 18.0. The van der Waals surface area contributed by atoms with E-state index in [0.717, 1.165) is 48.9 Å². The van der Waals surface area contributed by atoms with Crippen molar-refractivity contribution in [3.63, 3.8) is 0 Å². The summed E-state index contributed by atoms with van der Waals surface area (Å²) < 4.78 is 5.96. The third-order valence-electron chi connectivity index (χ3n) is 4.04. The largest absolute Gasteiger partial charge is 0.375 e. The first-order valence-corrected chi connectivity index (χ1v) is 9.30. The standard InChI is InChI=1S/C18H24N4O2S/c1-12-6-15(7-13(2)20-12)8-16-10-22(4-5-24-16)11-17-9-19-18(25-17)21-14(3)23/h6-7,9,16H,4-5,8,10-11H2,1-3H3,(H,19,21,23)/t16-/m1/s1. The van der Waals surface area contributed by atoms with Crippen molar-refractivity contribution >= 4 is 22.4 Å². The first-order chi connectivity index (χ1) is 12.0. The second kappa shape index (κ2) is 8.03. The van der Waals surface area contributed by atoms with Gasteiger partial charge in [0.25, 0.3) is 0 Å². The Morgan fingerprint density at radius 2 is 2.16 bits per heavy atom. The van der Waals surface area contributed by atoms with Crippen LogP contribution < -0.4 is 5.32 Å². The Morgan fingerprint density at radius 3 is 2.88 bits per heavy atom. The number of nitrogens with one attached hydrogen (secondary N) is 1. The van der Waals surface area contributed by atoms with Crippen molar-refractivity contribution in [2.24, 2.45) is 0 Å². The van der Waals surface area contributed by atoms with Crippen molar-refractivity contribution in [1.82, 2.24) is 14.9 Å². The molecule has 0 bridgehead atoms. The minimum atomic E-state index is -0.0877. The van der Waals surface area contributed by atoms with Crippen molar-refractivity contribution in [2.45, 2.75) is 39.8 Å². The molecule has 6 nitrogen and oxygen atoms in total. The number of thiazole rings is 1. The van der Waals surface area contributed by atoms with Crippen LogP contribution in [0.1, 0.15) is 28.8 Å². The quantitative estimate of drug-likeness (QED) is 0.888. The molecule has 0 radical (unpaired) electrons. The molecule has 1 aliphatic heterocycles. The zero-order valence-electron chi connectivity index (χ0n) is 14.9. The summed E-state index contributed by atoms with van der Waals surface area (Å²) in [6.45, 7) is 8.95. The molecule has 25 heavy (non-hydrogen) atoms. The van der Waals surface area contributed by atoms with Gasteiger partial charge in [-0.25, -0.2) is 4.98 Å². The van der Waals surface area contributed by atoms with Gasteiger partial charge in [-0.15, -0.1) is 11.3 Å². The molecule has 2 aromatic rings. The Balaban J connectivity index is 1.57. The van der Waals surface area contributed by atoms with Gasteiger partial charge in [0.2, 0.25) is 5.91 Å². The summed E-state index contributed by atoms with van der Waals surface area (Å²) in [5.41, 5.74) is 3.39. The topological polar surface area (TPSA) is 67.4 Å². The molecular formula is C18H24N4O2S. The van der Waals surface area contributed by atoms with Gasteiger partial charge in [-0.05, 0) is 31.5 Å². The van der Waals surface area contributed by atoms with Crippen LogP contribution in [0.3, 0.4) is 0 Å². The number of rotatable bonds is 5. The molecule has 0 aliphatic carbocycles. The normalized spacial score (nSPS) is 18.3. The average molecular weight is 360 g/mol. The summed E-state index contributed by atoms with van der Waals surface area (Å²) >= 11 is 1.53. The summed E-state index contributed by atoms with van der Waals surface area (Å²) in [6, 6.07) is 4.27. The van der Waals surface area contributed by atoms with Crippen molar-refractivity contribution in [1.29, 1.82) is 0 Å². The zero-order valence-corrected chi connectivity index (χ0v) is 15.7. The predicted octanol–water partition coefficient (Wildman–Crippen LogP) is 2.56. The summed E-state index contributed by atoms with van der Waals surface area (Å²) in [4.78, 5) is 23.3. The predicted molar refractivity (Wildman–Crippen MR) is 98.8 cm³/mol. The maximum Gasteiger partial charge on any atom is 0.223 e. The highest BCUT2D eigenvalue weighted by molar-refractivity contribution is 7.15. The maximum atomic E-state index is 11.1. The number of amides is 1. The fourth-order valence-electron chi connectivity index (χ4n) is 3.16. The van der Waals surface area contributed by atoms with Gasteiger partial charge in [0.15, 0.2) is 5.13 Å². The highest BCUT2D eigenvalue weighted by Gasteiger charge is 2.21. The molecule has 0 unspecified atom stereocenters. The van der Waals surface area contributed by atoms with Gasteiger partial charge in [-0.2, -0.15) is 0 Å². The number of hydrogen-bond acceptors (Lipinski definition) is 6. The average Bonchev–Trinajstić information content (AvgIpc) is 2.92. The minimum Gasteiger partial charge on any atom is -0.375 e. The van der Waals surface area contributed by atoms with E-state index in [0.29, 0.717) is 5.13 Å². The van der Waals surface area contributed by atoms with E-state index in [1.54, 1.807) is 0 Å². The first-order valence-electron chi connectivity index (χ1n) is 8.48. The summed E-state index contributed by atoms with van der Waals surface area (Å²) in [5, 5.41) is 3.40. The number of pyridine rings is 1. The third-order valence-corrected chi connectivity index (χ3v) is 4.94. The van der Waals surface area contributed by atoms with Crippen LogP contribution in [0.25, 0.3) is 0 Å². The van der Waals surface area contributed by atoms with E-state index in [-0.39, 0.29) is 12.0 Å². The summed E-state index contributed by atoms with van der Waals surface area (Å²) in [6.07, 6.45) is 2.94. The molecule has 1 amide bonds. The molecule has 1 atom stereocenters. The fraction of sp³-hybridized carbons (Fsp3) is 0.500. The molecule has 2 aromatic heterocycles. The van der Waals surface area contributed by atoms with Crippen LogP contribution in [0.2, 0.25) is 0 Å². The Hall–Kier alpha value is -1.83. The fourth-order valence-corrected chi connectivity index (χ4v) is 4.06. The Bertz CT molecular complexity index is 726. The lowest BCUT2D eigenvalue weighted by Gasteiger charge is -2.32. The Morgan fingerprint density at radius 1 is 1.40 bits per heavy atom. The molecular weight excluding hydrogens is 336 g/mol. The van der Waals surface area contributed by atoms with Gasteiger partial charge in [-0.3, -0.25) is 14.7 Å². The number of carbonyl (C=O) groups is 1. The number of nitrogens with zero attached hydrogens (tertiary/aromatic N) is 3. The zero-order chi connectivity index (χ0) is 17.8. The van der Waals surface area contributed by atoms with E-state index < -0.39 is 0 Å². The van der Waals surface area contributed by atoms with Crippen LogP contribution in [0.5, 0.6) is 0 Å². The number of ether oxygens (including phenoxy) is 1. The lowest BCUT2D eigenvalue weighted by molar-refractivity contribution is -0.114. The second-order valence-electron chi connectivity index (χ2n) is 6.50. The Labute approximate surface area is 152 Å². The number of carbonyl (C=O) groups excluding carboxylic acids is 1. The van der Waals surface area contributed by atoms with Gasteiger partial charge < -0.3 is 10.1 Å². The second-order valence-corrected chi connectivity index (χ2v) is 7.62. The van der Waals surface area contributed by atoms with Gasteiger partial charge in [0.05, 0.1) is 12.7 Å². The number of aromatic nitrogens is 2. The third kappa shape index (κ3) is 5.32. The van der Waals surface area contributed by atoms with E-state index in [4.69, 9.17) is 4.74 Å². The van der Waals surface area contributed by atoms with Crippen LogP contribution in [-0.4, -0.2) is 46.6 Å². The van der Waals surface area contributed by atoms with Crippen molar-refractivity contribution in [3.8, 4) is 0 Å². The van der Waals surface area contributed by atoms with E-state index >= 15 is 0 Å². The highest BCUT2D eigenvalue weighted by atomic mass is 32.1. The molecule has 0 spiro atoms. The minimum absolute atomic E-state index is 0.0877. The molecule has 3 heterocycles. The number of aryl methyl sites for hydroxylation is 2.